The van der Waals surface area contributed by atoms with Gasteiger partial charge in [-0.2, -0.15) is 0 Å². The van der Waals surface area contributed by atoms with E-state index in [1.165, 1.54) is 27.5 Å². The summed E-state index contributed by atoms with van der Waals surface area (Å²) in [6.45, 7) is 1.26. The van der Waals surface area contributed by atoms with Crippen molar-refractivity contribution in [2.24, 2.45) is 0 Å². The van der Waals surface area contributed by atoms with Crippen molar-refractivity contribution in [2.45, 2.75) is 38.2 Å². The highest BCUT2D eigenvalue weighted by Gasteiger charge is 2.33. The summed E-state index contributed by atoms with van der Waals surface area (Å²) in [5.74, 6) is 0.107. The van der Waals surface area contributed by atoms with E-state index in [2.05, 4.69) is 28.4 Å². The van der Waals surface area contributed by atoms with Gasteiger partial charge in [-0.25, -0.2) is 9.59 Å². The number of hydrogen-bond acceptors (Lipinski definition) is 10. The van der Waals surface area contributed by atoms with E-state index in [9.17, 15) is 19.2 Å². The highest BCUT2D eigenvalue weighted by molar-refractivity contribution is 8.76. The Morgan fingerprint density at radius 2 is 1.48 bits per heavy atom. The number of imide groups is 1. The lowest BCUT2D eigenvalue weighted by atomic mass is 9.87. The number of alkyl carbamates (subject to hydrolysis) is 1. The molecule has 10 nitrogen and oxygen atoms in total. The number of nitrogens with zero attached hydrogens (tertiary/aromatic N) is 1. The molecule has 0 spiro atoms. The number of hydroxylamine groups is 2. The summed E-state index contributed by atoms with van der Waals surface area (Å²) in [6, 6.07) is 16.5. The Bertz CT molecular complexity index is 1180. The largest absolute Gasteiger partial charge is 0.533 e. The fraction of sp³-hybridized carbons (Fsp3) is 0.429. The molecule has 2 aliphatic rings. The van der Waals surface area contributed by atoms with E-state index < -0.39 is 24.1 Å². The van der Waals surface area contributed by atoms with Crippen LogP contribution >= 0.6 is 21.6 Å². The summed E-state index contributed by atoms with van der Waals surface area (Å²) in [7, 11) is 3.03. The van der Waals surface area contributed by atoms with Gasteiger partial charge in [-0.1, -0.05) is 75.2 Å². The van der Waals surface area contributed by atoms with Crippen LogP contribution in [0, 0.1) is 0 Å². The lowest BCUT2D eigenvalue weighted by Gasteiger charge is -2.25. The summed E-state index contributed by atoms with van der Waals surface area (Å²) < 4.78 is 16.3. The van der Waals surface area contributed by atoms with Crippen molar-refractivity contribution in [1.82, 2.24) is 10.4 Å². The number of amides is 3. The van der Waals surface area contributed by atoms with Gasteiger partial charge in [0.15, 0.2) is 0 Å². The van der Waals surface area contributed by atoms with Crippen LogP contribution in [0.4, 0.5) is 9.59 Å². The Morgan fingerprint density at radius 3 is 2.25 bits per heavy atom. The van der Waals surface area contributed by atoms with Crippen LogP contribution in [0.2, 0.25) is 0 Å². The van der Waals surface area contributed by atoms with Gasteiger partial charge in [0.05, 0.1) is 13.2 Å². The third-order valence-electron chi connectivity index (χ3n) is 6.31. The Hall–Kier alpha value is -3.22. The number of benzene rings is 2. The number of fused-ring (bicyclic) bond motifs is 2. The van der Waals surface area contributed by atoms with Crippen molar-refractivity contribution >= 4 is 45.7 Å². The molecule has 0 bridgehead atoms. The Kier molecular flexibility index (Phi) is 11.6. The number of carbonyl (C=O) groups is 4. The van der Waals surface area contributed by atoms with E-state index in [1.807, 2.05) is 30.3 Å². The average molecular weight is 589 g/mol. The van der Waals surface area contributed by atoms with E-state index in [4.69, 9.17) is 14.2 Å². The quantitative estimate of drug-likeness (QED) is 0.165. The minimum atomic E-state index is -1.08. The van der Waals surface area contributed by atoms with Crippen LogP contribution in [-0.2, 0) is 47.9 Å². The lowest BCUT2D eigenvalue weighted by molar-refractivity contribution is -0.176. The summed E-state index contributed by atoms with van der Waals surface area (Å²) in [4.78, 5) is 51.5. The third-order valence-corrected chi connectivity index (χ3v) is 8.64. The highest BCUT2D eigenvalue weighted by Crippen LogP contribution is 2.31. The summed E-state index contributed by atoms with van der Waals surface area (Å²) in [5.41, 5.74) is 4.75. The molecule has 1 aliphatic heterocycles. The minimum Gasteiger partial charge on any atom is -0.441 e. The maximum absolute atomic E-state index is 12.6. The van der Waals surface area contributed by atoms with Crippen LogP contribution in [0.3, 0.4) is 0 Å². The molecule has 1 heterocycles. The van der Waals surface area contributed by atoms with Gasteiger partial charge in [-0.05, 0) is 35.1 Å². The Balaban J connectivity index is 1.05. The molecule has 40 heavy (non-hydrogen) atoms. The normalized spacial score (nSPS) is 16.4. The molecule has 1 saturated heterocycles. The SMILES string of the molecule is O=C(NCCOCCSSCCOC(=O)ON1C(=O)CCC1=O)OC1Cc2ccccc2CCc2ccccc21. The third kappa shape index (κ3) is 8.90. The zero-order valence-corrected chi connectivity index (χ0v) is 23.6. The van der Waals surface area contributed by atoms with Crippen molar-refractivity contribution in [3.8, 4) is 0 Å². The van der Waals surface area contributed by atoms with Gasteiger partial charge in [0.25, 0.3) is 11.8 Å². The van der Waals surface area contributed by atoms with E-state index >= 15 is 0 Å². The highest BCUT2D eigenvalue weighted by atomic mass is 33.1. The van der Waals surface area contributed by atoms with Gasteiger partial charge in [-0.15, -0.1) is 0 Å². The van der Waals surface area contributed by atoms with E-state index in [0.717, 1.165) is 18.4 Å². The van der Waals surface area contributed by atoms with Crippen molar-refractivity contribution in [1.29, 1.82) is 0 Å². The molecular weight excluding hydrogens is 556 g/mol. The fourth-order valence-electron chi connectivity index (χ4n) is 4.39. The summed E-state index contributed by atoms with van der Waals surface area (Å²) >= 11 is 0. The van der Waals surface area contributed by atoms with Crippen LogP contribution in [0.25, 0.3) is 0 Å². The lowest BCUT2D eigenvalue weighted by Crippen LogP contribution is -2.32. The topological polar surface area (TPSA) is 120 Å². The molecule has 1 unspecified atom stereocenters. The zero-order valence-electron chi connectivity index (χ0n) is 22.0. The Morgan fingerprint density at radius 1 is 0.825 bits per heavy atom. The van der Waals surface area contributed by atoms with Gasteiger partial charge in [0.2, 0.25) is 0 Å². The second-order valence-corrected chi connectivity index (χ2v) is 11.7. The van der Waals surface area contributed by atoms with E-state index in [0.29, 0.717) is 42.7 Å². The van der Waals surface area contributed by atoms with Gasteiger partial charge >= 0.3 is 12.2 Å². The van der Waals surface area contributed by atoms with Crippen LogP contribution in [-0.4, -0.2) is 67.0 Å². The maximum Gasteiger partial charge on any atom is 0.533 e. The molecule has 1 aliphatic carbocycles. The van der Waals surface area contributed by atoms with Gasteiger partial charge < -0.3 is 19.5 Å². The van der Waals surface area contributed by atoms with E-state index in [1.54, 1.807) is 10.8 Å². The second kappa shape index (κ2) is 15.5. The van der Waals surface area contributed by atoms with Gasteiger partial charge in [0, 0.05) is 37.3 Å². The number of nitrogens with one attached hydrogen (secondary N) is 1. The number of rotatable bonds is 12. The van der Waals surface area contributed by atoms with Crippen LogP contribution in [0.5, 0.6) is 0 Å². The molecule has 3 amide bonds. The van der Waals surface area contributed by atoms with Crippen LogP contribution in [0.15, 0.2) is 48.5 Å². The van der Waals surface area contributed by atoms with Crippen molar-refractivity contribution in [2.75, 3.05) is 37.9 Å². The number of carbonyl (C=O) groups excluding carboxylic acids is 4. The molecule has 1 fully saturated rings. The average Bonchev–Trinajstić information content (AvgIpc) is 3.26. The summed E-state index contributed by atoms with van der Waals surface area (Å²) in [5, 5.41) is 3.23. The first-order valence-corrected chi connectivity index (χ1v) is 15.6. The number of aryl methyl sites for hydroxylation is 2. The van der Waals surface area contributed by atoms with Crippen molar-refractivity contribution in [3.63, 3.8) is 0 Å². The molecule has 214 valence electrons. The maximum atomic E-state index is 12.6. The predicted octanol–water partition coefficient (Wildman–Crippen LogP) is 4.41. The molecule has 4 rings (SSSR count). The first-order chi connectivity index (χ1) is 19.5. The smallest absolute Gasteiger partial charge is 0.441 e. The molecular formula is C28H32N2O8S2. The number of hydrogen-bond donors (Lipinski definition) is 1. The molecule has 0 saturated carbocycles. The monoisotopic (exact) mass is 588 g/mol. The molecule has 12 heteroatoms. The predicted molar refractivity (Wildman–Crippen MR) is 150 cm³/mol. The first kappa shape index (κ1) is 29.8. The van der Waals surface area contributed by atoms with Crippen LogP contribution in [0.1, 0.15) is 41.2 Å². The molecule has 1 atom stereocenters. The zero-order chi connectivity index (χ0) is 28.2. The first-order valence-electron chi connectivity index (χ1n) is 13.1. The molecule has 0 radical (unpaired) electrons. The molecule has 2 aromatic rings. The Labute approximate surface area is 240 Å². The standard InChI is InChI=1S/C28H32N2O8S2/c31-25-11-12-26(32)30(25)38-28(34)36-16-18-40-39-17-15-35-14-13-29-27(33)37-24-19-22-7-2-1-5-20(22)9-10-21-6-3-4-8-23(21)24/h1-8,24H,9-19H2,(H,29,33). The molecule has 0 aromatic heterocycles. The van der Waals surface area contributed by atoms with Crippen LogP contribution < -0.4 is 5.32 Å². The number of ether oxygens (including phenoxy) is 3. The minimum absolute atomic E-state index is 0.0335. The second-order valence-electron chi connectivity index (χ2n) is 9.02. The molecule has 2 aromatic carbocycles. The van der Waals surface area contributed by atoms with E-state index in [-0.39, 0.29) is 25.6 Å². The van der Waals surface area contributed by atoms with Crippen molar-refractivity contribution in [3.05, 3.63) is 70.8 Å². The van der Waals surface area contributed by atoms with Gasteiger partial charge in [-0.3, -0.25) is 14.4 Å². The fourth-order valence-corrected chi connectivity index (χ4v) is 6.08. The molecule has 1 N–H and O–H groups in total. The van der Waals surface area contributed by atoms with Crippen molar-refractivity contribution < 1.29 is 38.2 Å². The summed E-state index contributed by atoms with van der Waals surface area (Å²) in [6.07, 6.45) is 0.668. The van der Waals surface area contributed by atoms with Gasteiger partial charge in [0.1, 0.15) is 12.7 Å².